The van der Waals surface area contributed by atoms with Gasteiger partial charge in [-0.05, 0) is 24.6 Å². The number of hydrogen-bond donors (Lipinski definition) is 2. The fourth-order valence-corrected chi connectivity index (χ4v) is 2.80. The van der Waals surface area contributed by atoms with E-state index < -0.39 is 0 Å². The van der Waals surface area contributed by atoms with Gasteiger partial charge in [-0.3, -0.25) is 9.48 Å². The largest absolute Gasteiger partial charge is 0.354 e. The Morgan fingerprint density at radius 1 is 1.29 bits per heavy atom. The van der Waals surface area contributed by atoms with E-state index in [1.807, 2.05) is 32.3 Å². The molecule has 0 aliphatic carbocycles. The maximum atomic E-state index is 12.1. The Labute approximate surface area is 120 Å². The van der Waals surface area contributed by atoms with Crippen LogP contribution in [0.25, 0.3) is 22.2 Å². The molecule has 1 aliphatic rings. The van der Waals surface area contributed by atoms with Crippen LogP contribution in [0.3, 0.4) is 0 Å². The van der Waals surface area contributed by atoms with Gasteiger partial charge in [0.1, 0.15) is 0 Å². The van der Waals surface area contributed by atoms with Crippen LogP contribution in [0.15, 0.2) is 29.6 Å². The lowest BCUT2D eigenvalue weighted by Gasteiger charge is -2.02. The molecule has 1 amide bonds. The third-order valence-corrected chi connectivity index (χ3v) is 3.68. The first-order chi connectivity index (χ1) is 10.1. The maximum absolute atomic E-state index is 12.1. The molecule has 2 N–H and O–H groups in total. The Bertz CT molecular complexity index is 916. The van der Waals surface area contributed by atoms with Crippen LogP contribution in [-0.2, 0) is 7.05 Å². The molecule has 0 saturated carbocycles. The second-order valence-corrected chi connectivity index (χ2v) is 5.25. The lowest BCUT2D eigenvalue weighted by atomic mass is 10.0. The molecule has 1 aromatic carbocycles. The van der Waals surface area contributed by atoms with Crippen molar-refractivity contribution in [3.8, 4) is 11.3 Å². The van der Waals surface area contributed by atoms with E-state index in [2.05, 4.69) is 20.6 Å². The molecule has 2 aromatic heterocycles. The molecule has 6 nitrogen and oxygen atoms in total. The highest BCUT2D eigenvalue weighted by molar-refractivity contribution is 6.17. The van der Waals surface area contributed by atoms with E-state index in [-0.39, 0.29) is 5.91 Å². The lowest BCUT2D eigenvalue weighted by molar-refractivity contribution is 0.0957. The summed E-state index contributed by atoms with van der Waals surface area (Å²) in [6.45, 7) is 1.97. The normalized spacial score (nSPS) is 13.5. The SMILES string of the molecule is Cc1cc2c3c(c(-c4cnn(C)c4)[nH]c3c1)C=NNC2=O. The highest BCUT2D eigenvalue weighted by atomic mass is 16.2. The zero-order chi connectivity index (χ0) is 14.6. The molecule has 21 heavy (non-hydrogen) atoms. The minimum atomic E-state index is -0.185. The minimum Gasteiger partial charge on any atom is -0.354 e. The molecule has 0 unspecified atom stereocenters. The molecule has 4 rings (SSSR count). The third-order valence-electron chi connectivity index (χ3n) is 3.68. The minimum absolute atomic E-state index is 0.185. The Balaban J connectivity index is 2.12. The van der Waals surface area contributed by atoms with E-state index in [0.29, 0.717) is 5.56 Å². The van der Waals surface area contributed by atoms with Crippen molar-refractivity contribution in [1.29, 1.82) is 0 Å². The number of aromatic nitrogens is 3. The summed E-state index contributed by atoms with van der Waals surface area (Å²) in [6, 6.07) is 3.92. The zero-order valence-corrected chi connectivity index (χ0v) is 11.6. The maximum Gasteiger partial charge on any atom is 0.272 e. The van der Waals surface area contributed by atoms with E-state index in [9.17, 15) is 4.79 Å². The van der Waals surface area contributed by atoms with Crippen molar-refractivity contribution >= 4 is 23.0 Å². The molecular weight excluding hydrogens is 266 g/mol. The molecule has 3 aromatic rings. The van der Waals surface area contributed by atoms with Crippen LogP contribution in [0.5, 0.6) is 0 Å². The Hall–Kier alpha value is -2.89. The molecule has 0 spiro atoms. The van der Waals surface area contributed by atoms with Crippen LogP contribution in [0.1, 0.15) is 21.5 Å². The predicted octanol–water partition coefficient (Wildman–Crippen LogP) is 1.95. The summed E-state index contributed by atoms with van der Waals surface area (Å²) in [4.78, 5) is 15.5. The average molecular weight is 279 g/mol. The summed E-state index contributed by atoms with van der Waals surface area (Å²) in [5, 5.41) is 9.12. The zero-order valence-electron chi connectivity index (χ0n) is 11.6. The van der Waals surface area contributed by atoms with Crippen molar-refractivity contribution in [3.05, 3.63) is 41.2 Å². The molecule has 3 heterocycles. The number of carbonyl (C=O) groups excluding carboxylic acids is 1. The van der Waals surface area contributed by atoms with Gasteiger partial charge in [-0.25, -0.2) is 5.43 Å². The number of carbonyl (C=O) groups is 1. The number of rotatable bonds is 1. The summed E-state index contributed by atoms with van der Waals surface area (Å²) in [5.74, 6) is -0.185. The molecule has 0 atom stereocenters. The van der Waals surface area contributed by atoms with Gasteiger partial charge < -0.3 is 4.98 Å². The fourth-order valence-electron chi connectivity index (χ4n) is 2.80. The average Bonchev–Trinajstić information content (AvgIpc) is 2.97. The fraction of sp³-hybridized carbons (Fsp3) is 0.133. The Morgan fingerprint density at radius 3 is 2.90 bits per heavy atom. The standard InChI is InChI=1S/C15H13N5O/c1-8-3-10-13-11(6-16-19-15(10)21)14(18-12(13)4-8)9-5-17-20(2)7-9/h3-7,18H,1-2H3,(H,19,21). The van der Waals surface area contributed by atoms with Crippen LogP contribution in [0.2, 0.25) is 0 Å². The highest BCUT2D eigenvalue weighted by Crippen LogP contribution is 2.32. The van der Waals surface area contributed by atoms with Crippen LogP contribution in [-0.4, -0.2) is 26.9 Å². The summed E-state index contributed by atoms with van der Waals surface area (Å²) in [7, 11) is 1.87. The van der Waals surface area contributed by atoms with Gasteiger partial charge in [-0.15, -0.1) is 0 Å². The smallest absolute Gasteiger partial charge is 0.272 e. The number of H-pyrrole nitrogens is 1. The lowest BCUT2D eigenvalue weighted by Crippen LogP contribution is -2.16. The molecular formula is C15H13N5O. The molecule has 104 valence electrons. The van der Waals surface area contributed by atoms with E-state index in [1.165, 1.54) is 0 Å². The van der Waals surface area contributed by atoms with Gasteiger partial charge in [0.15, 0.2) is 0 Å². The van der Waals surface area contributed by atoms with E-state index >= 15 is 0 Å². The van der Waals surface area contributed by atoms with Gasteiger partial charge in [0.05, 0.1) is 23.7 Å². The van der Waals surface area contributed by atoms with Gasteiger partial charge in [0, 0.05) is 35.3 Å². The summed E-state index contributed by atoms with van der Waals surface area (Å²) in [6.07, 6.45) is 5.41. The summed E-state index contributed by atoms with van der Waals surface area (Å²) < 4.78 is 1.75. The Morgan fingerprint density at radius 2 is 2.14 bits per heavy atom. The summed E-state index contributed by atoms with van der Waals surface area (Å²) >= 11 is 0. The van der Waals surface area contributed by atoms with Crippen LogP contribution in [0.4, 0.5) is 0 Å². The molecule has 0 radical (unpaired) electrons. The van der Waals surface area contributed by atoms with Crippen LogP contribution >= 0.6 is 0 Å². The molecule has 6 heteroatoms. The number of hydrazone groups is 1. The van der Waals surface area contributed by atoms with Gasteiger partial charge >= 0.3 is 0 Å². The van der Waals surface area contributed by atoms with Gasteiger partial charge in [-0.2, -0.15) is 10.2 Å². The number of aromatic amines is 1. The second-order valence-electron chi connectivity index (χ2n) is 5.25. The number of benzene rings is 1. The first kappa shape index (κ1) is 11.9. The third kappa shape index (κ3) is 1.69. The number of nitrogens with zero attached hydrogens (tertiary/aromatic N) is 3. The number of nitrogens with one attached hydrogen (secondary N) is 2. The van der Waals surface area contributed by atoms with Crippen molar-refractivity contribution in [2.45, 2.75) is 6.92 Å². The van der Waals surface area contributed by atoms with Gasteiger partial charge in [0.25, 0.3) is 5.91 Å². The van der Waals surface area contributed by atoms with E-state index in [4.69, 9.17) is 0 Å². The van der Waals surface area contributed by atoms with Crippen molar-refractivity contribution in [1.82, 2.24) is 20.2 Å². The number of hydrogen-bond acceptors (Lipinski definition) is 3. The summed E-state index contributed by atoms with van der Waals surface area (Å²) in [5.41, 5.74) is 7.94. The highest BCUT2D eigenvalue weighted by Gasteiger charge is 2.21. The molecule has 0 fully saturated rings. The second kappa shape index (κ2) is 4.05. The molecule has 0 saturated heterocycles. The van der Waals surface area contributed by atoms with Crippen molar-refractivity contribution < 1.29 is 4.79 Å². The van der Waals surface area contributed by atoms with E-state index in [0.717, 1.165) is 33.3 Å². The van der Waals surface area contributed by atoms with Gasteiger partial charge in [0.2, 0.25) is 0 Å². The topological polar surface area (TPSA) is 75.1 Å². The molecule has 1 aliphatic heterocycles. The van der Waals surface area contributed by atoms with Gasteiger partial charge in [-0.1, -0.05) is 0 Å². The molecule has 0 bridgehead atoms. The van der Waals surface area contributed by atoms with Crippen molar-refractivity contribution in [2.75, 3.05) is 0 Å². The number of aryl methyl sites for hydroxylation is 2. The Kier molecular flexibility index (Phi) is 2.29. The first-order valence-corrected chi connectivity index (χ1v) is 6.62. The predicted molar refractivity (Wildman–Crippen MR) is 80.3 cm³/mol. The van der Waals surface area contributed by atoms with Crippen LogP contribution < -0.4 is 5.43 Å². The van der Waals surface area contributed by atoms with Crippen molar-refractivity contribution in [2.24, 2.45) is 12.1 Å². The van der Waals surface area contributed by atoms with Crippen molar-refractivity contribution in [3.63, 3.8) is 0 Å². The number of amides is 1. The monoisotopic (exact) mass is 279 g/mol. The quantitative estimate of drug-likeness (QED) is 0.714. The first-order valence-electron chi connectivity index (χ1n) is 6.62. The van der Waals surface area contributed by atoms with Crippen LogP contribution in [0, 0.1) is 6.92 Å². The van der Waals surface area contributed by atoms with E-state index in [1.54, 1.807) is 17.1 Å².